The van der Waals surface area contributed by atoms with Gasteiger partial charge in [-0.25, -0.2) is 15.0 Å². The molecule has 32 heavy (non-hydrogen) atoms. The van der Waals surface area contributed by atoms with Gasteiger partial charge in [0, 0.05) is 17.2 Å². The third-order valence-corrected chi connectivity index (χ3v) is 5.40. The van der Waals surface area contributed by atoms with Gasteiger partial charge >= 0.3 is 0 Å². The van der Waals surface area contributed by atoms with Crippen molar-refractivity contribution in [3.8, 4) is 45.7 Å². The van der Waals surface area contributed by atoms with E-state index in [-0.39, 0.29) is 5.75 Å². The topological polar surface area (TPSA) is 68.1 Å². The molecule has 0 aliphatic heterocycles. The second-order valence-electron chi connectivity index (χ2n) is 8.05. The van der Waals surface area contributed by atoms with Crippen LogP contribution in [0.15, 0.2) is 54.6 Å². The third kappa shape index (κ3) is 4.33. The van der Waals surface area contributed by atoms with Gasteiger partial charge in [-0.3, -0.25) is 0 Å². The van der Waals surface area contributed by atoms with E-state index in [0.717, 1.165) is 22.3 Å². The average molecular weight is 426 g/mol. The van der Waals surface area contributed by atoms with E-state index < -0.39 is 0 Å². The highest BCUT2D eigenvalue weighted by atomic mass is 16.5. The maximum atomic E-state index is 10.7. The monoisotopic (exact) mass is 425 g/mol. The Morgan fingerprint density at radius 1 is 0.656 bits per heavy atom. The maximum Gasteiger partial charge on any atom is 0.167 e. The minimum Gasteiger partial charge on any atom is -0.507 e. The molecule has 0 radical (unpaired) electrons. The van der Waals surface area contributed by atoms with Gasteiger partial charge in [0.1, 0.15) is 11.5 Å². The Bertz CT molecular complexity index is 1230. The maximum absolute atomic E-state index is 10.7. The zero-order chi connectivity index (χ0) is 22.8. The summed E-state index contributed by atoms with van der Waals surface area (Å²) < 4.78 is 5.50. The Kier molecular flexibility index (Phi) is 5.91. The predicted molar refractivity (Wildman–Crippen MR) is 128 cm³/mol. The van der Waals surface area contributed by atoms with Crippen molar-refractivity contribution in [3.05, 3.63) is 76.9 Å². The lowest BCUT2D eigenvalue weighted by atomic mass is 10.0. The highest BCUT2D eigenvalue weighted by Crippen LogP contribution is 2.33. The van der Waals surface area contributed by atoms with Crippen molar-refractivity contribution in [1.29, 1.82) is 0 Å². The summed E-state index contributed by atoms with van der Waals surface area (Å²) in [6.07, 6.45) is 0. The number of ether oxygens (including phenoxy) is 1. The van der Waals surface area contributed by atoms with Crippen LogP contribution in [-0.2, 0) is 0 Å². The van der Waals surface area contributed by atoms with Gasteiger partial charge in [0.2, 0.25) is 0 Å². The molecule has 5 heteroatoms. The fourth-order valence-electron chi connectivity index (χ4n) is 3.82. The molecule has 0 bridgehead atoms. The molecule has 3 aromatic carbocycles. The summed E-state index contributed by atoms with van der Waals surface area (Å²) in [5.74, 6) is 2.25. The van der Waals surface area contributed by atoms with Crippen molar-refractivity contribution in [3.63, 3.8) is 0 Å². The largest absolute Gasteiger partial charge is 0.507 e. The summed E-state index contributed by atoms with van der Waals surface area (Å²) in [5, 5.41) is 10.7. The molecule has 162 valence electrons. The number of aryl methyl sites for hydroxylation is 4. The second kappa shape index (κ2) is 8.79. The van der Waals surface area contributed by atoms with Crippen LogP contribution in [0.25, 0.3) is 34.2 Å². The molecule has 0 aliphatic rings. The van der Waals surface area contributed by atoms with Gasteiger partial charge in [0.05, 0.1) is 12.2 Å². The molecular formula is C27H27N3O2. The van der Waals surface area contributed by atoms with Crippen LogP contribution >= 0.6 is 0 Å². The number of rotatable bonds is 5. The van der Waals surface area contributed by atoms with Crippen LogP contribution in [0.2, 0.25) is 0 Å². The highest BCUT2D eigenvalue weighted by molar-refractivity contribution is 5.72. The molecule has 0 amide bonds. The molecule has 1 heterocycles. The van der Waals surface area contributed by atoms with Crippen molar-refractivity contribution in [2.24, 2.45) is 0 Å². The van der Waals surface area contributed by atoms with Crippen LogP contribution in [0.3, 0.4) is 0 Å². The molecule has 4 rings (SSSR count). The number of hydrogen-bond donors (Lipinski definition) is 1. The van der Waals surface area contributed by atoms with E-state index in [1.165, 1.54) is 11.1 Å². The molecule has 0 atom stereocenters. The van der Waals surface area contributed by atoms with E-state index >= 15 is 0 Å². The van der Waals surface area contributed by atoms with Crippen LogP contribution < -0.4 is 4.74 Å². The molecule has 4 aromatic rings. The third-order valence-electron chi connectivity index (χ3n) is 5.40. The van der Waals surface area contributed by atoms with Gasteiger partial charge in [-0.05, 0) is 57.9 Å². The lowest BCUT2D eigenvalue weighted by Gasteiger charge is -2.13. The van der Waals surface area contributed by atoms with Crippen LogP contribution in [-0.4, -0.2) is 26.7 Å². The minimum absolute atomic E-state index is 0.0697. The van der Waals surface area contributed by atoms with E-state index in [1.54, 1.807) is 12.1 Å². The summed E-state index contributed by atoms with van der Waals surface area (Å²) >= 11 is 0. The minimum atomic E-state index is 0.0697. The van der Waals surface area contributed by atoms with E-state index in [4.69, 9.17) is 19.7 Å². The van der Waals surface area contributed by atoms with Crippen LogP contribution in [0.5, 0.6) is 11.5 Å². The van der Waals surface area contributed by atoms with Gasteiger partial charge in [0.25, 0.3) is 0 Å². The summed E-state index contributed by atoms with van der Waals surface area (Å²) in [7, 11) is 0. The SMILES string of the molecule is CCOc1ccc(-c2nc(-c3ccc(C)cc3C)nc(-c3ccc(C)cc3C)n2)c(O)c1. The lowest BCUT2D eigenvalue weighted by molar-refractivity contribution is 0.338. The number of aromatic nitrogens is 3. The highest BCUT2D eigenvalue weighted by Gasteiger charge is 2.17. The van der Waals surface area contributed by atoms with Gasteiger partial charge in [-0.15, -0.1) is 0 Å². The first kappa shape index (κ1) is 21.5. The smallest absolute Gasteiger partial charge is 0.167 e. The molecular weight excluding hydrogens is 398 g/mol. The van der Waals surface area contributed by atoms with E-state index in [9.17, 15) is 5.11 Å². The van der Waals surface area contributed by atoms with Gasteiger partial charge < -0.3 is 9.84 Å². The zero-order valence-electron chi connectivity index (χ0n) is 19.1. The average Bonchev–Trinajstić information content (AvgIpc) is 2.74. The standard InChI is InChI=1S/C27H27N3O2/c1-6-32-20-9-12-23(24(31)15-20)27-29-25(21-10-7-16(2)13-18(21)4)28-26(30-27)22-11-8-17(3)14-19(22)5/h7-15,31H,6H2,1-5H3. The molecule has 0 unspecified atom stereocenters. The van der Waals surface area contributed by atoms with Crippen molar-refractivity contribution in [2.75, 3.05) is 6.61 Å². The summed E-state index contributed by atoms with van der Waals surface area (Å²) in [6, 6.07) is 17.6. The zero-order valence-corrected chi connectivity index (χ0v) is 19.1. The van der Waals surface area contributed by atoms with Crippen LogP contribution in [0.4, 0.5) is 0 Å². The first-order valence-corrected chi connectivity index (χ1v) is 10.7. The molecule has 0 saturated carbocycles. The number of phenols is 1. The van der Waals surface area contributed by atoms with E-state index in [2.05, 4.69) is 52.0 Å². The van der Waals surface area contributed by atoms with Gasteiger partial charge in [-0.2, -0.15) is 0 Å². The van der Waals surface area contributed by atoms with Gasteiger partial charge in [0.15, 0.2) is 17.5 Å². The Hall–Kier alpha value is -3.73. The Morgan fingerprint density at radius 3 is 1.56 bits per heavy atom. The summed E-state index contributed by atoms with van der Waals surface area (Å²) in [4.78, 5) is 14.3. The molecule has 0 fully saturated rings. The summed E-state index contributed by atoms with van der Waals surface area (Å²) in [6.45, 7) is 10.7. The molecule has 0 spiro atoms. The first-order valence-electron chi connectivity index (χ1n) is 10.7. The van der Waals surface area contributed by atoms with Crippen LogP contribution in [0, 0.1) is 27.7 Å². The molecule has 1 N–H and O–H groups in total. The first-order chi connectivity index (χ1) is 15.4. The Balaban J connectivity index is 1.94. The van der Waals surface area contributed by atoms with Crippen LogP contribution in [0.1, 0.15) is 29.2 Å². The second-order valence-corrected chi connectivity index (χ2v) is 8.05. The van der Waals surface area contributed by atoms with Crippen molar-refractivity contribution >= 4 is 0 Å². The van der Waals surface area contributed by atoms with E-state index in [1.807, 2.05) is 25.1 Å². The Labute approximate surface area is 188 Å². The van der Waals surface area contributed by atoms with E-state index in [0.29, 0.717) is 35.4 Å². The summed E-state index contributed by atoms with van der Waals surface area (Å²) in [5.41, 5.74) is 6.95. The number of phenolic OH excluding ortho intramolecular Hbond substituents is 1. The lowest BCUT2D eigenvalue weighted by Crippen LogP contribution is -2.02. The van der Waals surface area contributed by atoms with Gasteiger partial charge in [-0.1, -0.05) is 47.5 Å². The molecule has 5 nitrogen and oxygen atoms in total. The number of benzene rings is 3. The number of aromatic hydroxyl groups is 1. The molecule has 0 saturated heterocycles. The fraction of sp³-hybridized carbons (Fsp3) is 0.222. The Morgan fingerprint density at radius 2 is 1.12 bits per heavy atom. The predicted octanol–water partition coefficient (Wildman–Crippen LogP) is 6.21. The quantitative estimate of drug-likeness (QED) is 0.412. The van der Waals surface area contributed by atoms with Crippen molar-refractivity contribution in [2.45, 2.75) is 34.6 Å². The fourth-order valence-corrected chi connectivity index (χ4v) is 3.82. The van der Waals surface area contributed by atoms with Crippen molar-refractivity contribution < 1.29 is 9.84 Å². The number of nitrogens with zero attached hydrogens (tertiary/aromatic N) is 3. The van der Waals surface area contributed by atoms with Crippen molar-refractivity contribution in [1.82, 2.24) is 15.0 Å². The molecule has 0 aliphatic carbocycles. The number of hydrogen-bond acceptors (Lipinski definition) is 5. The molecule has 1 aromatic heterocycles. The normalized spacial score (nSPS) is 10.9.